The van der Waals surface area contributed by atoms with Crippen molar-refractivity contribution in [1.82, 2.24) is 0 Å². The minimum Gasteiger partial charge on any atom is -0.454 e. The molecular weight excluding hydrogens is 272 g/mol. The summed E-state index contributed by atoms with van der Waals surface area (Å²) in [6.07, 6.45) is 0. The zero-order chi connectivity index (χ0) is 13.9. The third-order valence-corrected chi connectivity index (χ3v) is 3.34. The summed E-state index contributed by atoms with van der Waals surface area (Å²) in [7, 11) is 0. The molecule has 0 fully saturated rings. The molecule has 0 atom stereocenters. The van der Waals surface area contributed by atoms with Crippen molar-refractivity contribution in [2.45, 2.75) is 0 Å². The minimum absolute atomic E-state index is 0.107. The van der Waals surface area contributed by atoms with E-state index >= 15 is 0 Å². The molecule has 0 aliphatic heterocycles. The molecule has 1 aromatic heterocycles. The molecule has 0 amide bonds. The smallest absolute Gasteiger partial charge is 0.204 e. The zero-order valence-corrected chi connectivity index (χ0v) is 11.3. The third-order valence-electron chi connectivity index (χ3n) is 2.98. The molecule has 0 N–H and O–H groups in total. The van der Waals surface area contributed by atoms with Crippen molar-refractivity contribution in [3.05, 3.63) is 82.0 Å². The van der Waals surface area contributed by atoms with E-state index in [0.717, 1.165) is 11.1 Å². The Morgan fingerprint density at radius 1 is 0.800 bits per heavy atom. The lowest BCUT2D eigenvalue weighted by Gasteiger charge is -2.06. The highest BCUT2D eigenvalue weighted by Gasteiger charge is 2.13. The summed E-state index contributed by atoms with van der Waals surface area (Å²) in [4.78, 5) is 12.0. The quantitative estimate of drug-likeness (QED) is 0.686. The van der Waals surface area contributed by atoms with Crippen molar-refractivity contribution in [3.8, 4) is 22.6 Å². The van der Waals surface area contributed by atoms with Gasteiger partial charge in [-0.25, -0.2) is 0 Å². The van der Waals surface area contributed by atoms with Crippen LogP contribution in [0.2, 0.25) is 5.02 Å². The van der Waals surface area contributed by atoms with Gasteiger partial charge < -0.3 is 4.42 Å². The SMILES string of the molecule is O=c1cc(-c2ccccc2)oc(-c2ccccc2)c1Cl. The van der Waals surface area contributed by atoms with Crippen LogP contribution in [0.5, 0.6) is 0 Å². The average molecular weight is 283 g/mol. The van der Waals surface area contributed by atoms with Crippen molar-refractivity contribution in [3.63, 3.8) is 0 Å². The lowest BCUT2D eigenvalue weighted by molar-refractivity contribution is 0.580. The van der Waals surface area contributed by atoms with Crippen molar-refractivity contribution in [1.29, 1.82) is 0 Å². The maximum Gasteiger partial charge on any atom is 0.204 e. The predicted molar refractivity (Wildman–Crippen MR) is 80.9 cm³/mol. The van der Waals surface area contributed by atoms with Crippen LogP contribution in [0, 0.1) is 0 Å². The monoisotopic (exact) mass is 282 g/mol. The maximum atomic E-state index is 12.0. The molecule has 2 nitrogen and oxygen atoms in total. The Labute approximate surface area is 121 Å². The first kappa shape index (κ1) is 12.7. The topological polar surface area (TPSA) is 30.2 Å². The van der Waals surface area contributed by atoms with Gasteiger partial charge in [0.15, 0.2) is 5.76 Å². The first-order valence-electron chi connectivity index (χ1n) is 6.20. The van der Waals surface area contributed by atoms with E-state index in [1.807, 2.05) is 60.7 Å². The number of hydrogen-bond acceptors (Lipinski definition) is 2. The van der Waals surface area contributed by atoms with Gasteiger partial charge in [-0.2, -0.15) is 0 Å². The van der Waals surface area contributed by atoms with E-state index in [0.29, 0.717) is 11.5 Å². The highest BCUT2D eigenvalue weighted by molar-refractivity contribution is 6.32. The molecule has 3 rings (SSSR count). The number of halogens is 1. The summed E-state index contributed by atoms with van der Waals surface area (Å²) in [6, 6.07) is 20.3. The van der Waals surface area contributed by atoms with Crippen LogP contribution in [-0.2, 0) is 0 Å². The number of rotatable bonds is 2. The molecule has 0 saturated heterocycles. The molecule has 0 spiro atoms. The summed E-state index contributed by atoms with van der Waals surface area (Å²) in [5.74, 6) is 0.914. The fourth-order valence-electron chi connectivity index (χ4n) is 2.00. The largest absolute Gasteiger partial charge is 0.454 e. The molecular formula is C17H11ClO2. The number of hydrogen-bond donors (Lipinski definition) is 0. The molecule has 2 aromatic carbocycles. The van der Waals surface area contributed by atoms with Crippen LogP contribution in [0.3, 0.4) is 0 Å². The van der Waals surface area contributed by atoms with E-state index in [2.05, 4.69) is 0 Å². The summed E-state index contributed by atoms with van der Waals surface area (Å²) in [5.41, 5.74) is 1.39. The van der Waals surface area contributed by atoms with E-state index in [1.54, 1.807) is 0 Å². The Bertz CT molecular complexity index is 777. The van der Waals surface area contributed by atoms with E-state index in [-0.39, 0.29) is 10.5 Å². The number of benzene rings is 2. The van der Waals surface area contributed by atoms with Gasteiger partial charge in [-0.15, -0.1) is 0 Å². The molecule has 1 heterocycles. The molecule has 98 valence electrons. The summed E-state index contributed by atoms with van der Waals surface area (Å²) >= 11 is 6.08. The van der Waals surface area contributed by atoms with E-state index in [4.69, 9.17) is 16.0 Å². The molecule has 3 heteroatoms. The fraction of sp³-hybridized carbons (Fsp3) is 0. The second-order valence-corrected chi connectivity index (χ2v) is 4.73. The van der Waals surface area contributed by atoms with Gasteiger partial charge in [-0.05, 0) is 0 Å². The lowest BCUT2D eigenvalue weighted by Crippen LogP contribution is -2.02. The van der Waals surface area contributed by atoms with Crippen LogP contribution >= 0.6 is 11.6 Å². The van der Waals surface area contributed by atoms with Crippen LogP contribution < -0.4 is 5.43 Å². The lowest BCUT2D eigenvalue weighted by atomic mass is 10.1. The second-order valence-electron chi connectivity index (χ2n) is 4.35. The molecule has 0 radical (unpaired) electrons. The standard InChI is InChI=1S/C17H11ClO2/c18-16-14(19)11-15(12-7-3-1-4-8-12)20-17(16)13-9-5-2-6-10-13/h1-11H. The Kier molecular flexibility index (Phi) is 3.40. The van der Waals surface area contributed by atoms with Crippen molar-refractivity contribution in [2.75, 3.05) is 0 Å². The van der Waals surface area contributed by atoms with Crippen molar-refractivity contribution >= 4 is 11.6 Å². The van der Waals surface area contributed by atoms with Gasteiger partial charge in [-0.1, -0.05) is 72.3 Å². The highest BCUT2D eigenvalue weighted by Crippen LogP contribution is 2.29. The van der Waals surface area contributed by atoms with Crippen LogP contribution in [-0.4, -0.2) is 0 Å². The van der Waals surface area contributed by atoms with Gasteiger partial charge in [-0.3, -0.25) is 4.79 Å². The first-order chi connectivity index (χ1) is 9.75. The molecule has 20 heavy (non-hydrogen) atoms. The van der Waals surface area contributed by atoms with E-state index in [9.17, 15) is 4.79 Å². The molecule has 3 aromatic rings. The van der Waals surface area contributed by atoms with Crippen LogP contribution in [0.1, 0.15) is 0 Å². The van der Waals surface area contributed by atoms with Crippen LogP contribution in [0.4, 0.5) is 0 Å². The van der Waals surface area contributed by atoms with Gasteiger partial charge in [0.2, 0.25) is 5.43 Å². The van der Waals surface area contributed by atoms with Gasteiger partial charge in [0, 0.05) is 17.2 Å². The zero-order valence-electron chi connectivity index (χ0n) is 10.5. The van der Waals surface area contributed by atoms with Gasteiger partial charge in [0.05, 0.1) is 0 Å². The first-order valence-corrected chi connectivity index (χ1v) is 6.58. The molecule has 0 aliphatic carbocycles. The summed E-state index contributed by atoms with van der Waals surface area (Å²) in [6.45, 7) is 0. The van der Waals surface area contributed by atoms with Crippen molar-refractivity contribution < 1.29 is 4.42 Å². The maximum absolute atomic E-state index is 12.0. The molecule has 0 bridgehead atoms. The Morgan fingerprint density at radius 2 is 1.35 bits per heavy atom. The van der Waals surface area contributed by atoms with Crippen LogP contribution in [0.25, 0.3) is 22.6 Å². The van der Waals surface area contributed by atoms with Crippen molar-refractivity contribution in [2.24, 2.45) is 0 Å². The molecule has 0 unspecified atom stereocenters. The Morgan fingerprint density at radius 3 is 1.95 bits per heavy atom. The average Bonchev–Trinajstić information content (AvgIpc) is 2.51. The van der Waals surface area contributed by atoms with E-state index in [1.165, 1.54) is 6.07 Å². The molecule has 0 saturated carbocycles. The van der Waals surface area contributed by atoms with Crippen LogP contribution in [0.15, 0.2) is 75.9 Å². The van der Waals surface area contributed by atoms with Gasteiger partial charge in [0.1, 0.15) is 10.8 Å². The summed E-state index contributed by atoms with van der Waals surface area (Å²) in [5, 5.41) is 0.107. The van der Waals surface area contributed by atoms with Gasteiger partial charge in [0.25, 0.3) is 0 Å². The van der Waals surface area contributed by atoms with E-state index < -0.39 is 0 Å². The minimum atomic E-state index is -0.240. The normalized spacial score (nSPS) is 10.4. The van der Waals surface area contributed by atoms with Gasteiger partial charge >= 0.3 is 0 Å². The Balaban J connectivity index is 2.22. The highest BCUT2D eigenvalue weighted by atomic mass is 35.5. The third kappa shape index (κ3) is 2.38. The fourth-order valence-corrected chi connectivity index (χ4v) is 2.20. The second kappa shape index (κ2) is 5.35. The Hall–Kier alpha value is -2.32. The molecule has 0 aliphatic rings. The predicted octanol–water partition coefficient (Wildman–Crippen LogP) is 4.63. The summed E-state index contributed by atoms with van der Waals surface area (Å²) < 4.78 is 5.83.